The summed E-state index contributed by atoms with van der Waals surface area (Å²) < 4.78 is 19.5. The Kier molecular flexibility index (Phi) is 30.2. The molecule has 2 aromatic carbocycles. The Balaban J connectivity index is 0.000000168. The van der Waals surface area contributed by atoms with E-state index in [1.807, 2.05) is 24.3 Å². The van der Waals surface area contributed by atoms with Crippen LogP contribution < -0.4 is 18.3 Å². The number of rotatable bonds is 14. The quantitative estimate of drug-likeness (QED) is 0.0618. The van der Waals surface area contributed by atoms with Crippen molar-refractivity contribution >= 4 is 0 Å². The van der Waals surface area contributed by atoms with Gasteiger partial charge in [-0.1, -0.05) is 144 Å². The van der Waals surface area contributed by atoms with Crippen molar-refractivity contribution in [3.8, 4) is 5.69 Å². The van der Waals surface area contributed by atoms with Crippen molar-refractivity contribution in [3.05, 3.63) is 198 Å². The number of hydrogen-bond donors (Lipinski definition) is 0. The summed E-state index contributed by atoms with van der Waals surface area (Å²) in [5, 5.41) is 24.8. The van der Waals surface area contributed by atoms with E-state index in [4.69, 9.17) is 9.47 Å². The van der Waals surface area contributed by atoms with Crippen LogP contribution in [-0.2, 0) is 22.6 Å². The lowest BCUT2D eigenvalue weighted by Crippen LogP contribution is -2.52. The Bertz CT molecular complexity index is 2700. The van der Waals surface area contributed by atoms with Crippen LogP contribution >= 0.6 is 0 Å². The average Bonchev–Trinajstić information content (AvgIpc) is 3.81. The van der Waals surface area contributed by atoms with E-state index in [0.29, 0.717) is 76.9 Å². The fraction of sp³-hybridized carbons (Fsp3) is 0.584. The molecule has 0 bridgehead atoms. The van der Waals surface area contributed by atoms with Gasteiger partial charge in [-0.3, -0.25) is 0 Å². The number of quaternary nitrogens is 2. The molecule has 87 heavy (non-hydrogen) atoms. The Morgan fingerprint density at radius 1 is 0.425 bits per heavy atom. The molecule has 4 unspecified atom stereocenters. The van der Waals surface area contributed by atoms with Gasteiger partial charge in [0.05, 0.1) is 33.0 Å². The Morgan fingerprint density at radius 2 is 0.828 bits per heavy atom. The third kappa shape index (κ3) is 25.3. The van der Waals surface area contributed by atoms with Gasteiger partial charge < -0.3 is 29.2 Å². The minimum atomic E-state index is -0.138. The molecule has 0 N–H and O–H groups in total. The van der Waals surface area contributed by atoms with Gasteiger partial charge in [0.25, 0.3) is 0 Å². The molecule has 6 heterocycles. The molecule has 4 atom stereocenters. The Morgan fingerprint density at radius 3 is 1.28 bits per heavy atom. The number of hydrogen-bond acceptors (Lipinski definition) is 4. The van der Waals surface area contributed by atoms with Gasteiger partial charge in [0, 0.05) is 104 Å². The fourth-order valence-corrected chi connectivity index (χ4v) is 13.2. The van der Waals surface area contributed by atoms with Crippen LogP contribution in [0.1, 0.15) is 188 Å². The molecule has 6 aromatic rings. The number of aromatic nitrogens is 4. The fourth-order valence-electron chi connectivity index (χ4n) is 13.2. The van der Waals surface area contributed by atoms with E-state index in [9.17, 15) is 10.4 Å². The van der Waals surface area contributed by atoms with Gasteiger partial charge in [-0.2, -0.15) is 4.57 Å². The number of morpholine rings is 2. The number of pyridine rings is 4. The summed E-state index contributed by atoms with van der Waals surface area (Å²) in [6, 6.07) is 43.6. The highest BCUT2D eigenvalue weighted by molar-refractivity contribution is 5.29. The lowest BCUT2D eigenvalue weighted by atomic mass is 9.79. The van der Waals surface area contributed by atoms with Gasteiger partial charge in [-0.25, -0.2) is 13.7 Å². The third-order valence-electron chi connectivity index (χ3n) is 19.1. The molecule has 10 nitrogen and oxygen atoms in total. The van der Waals surface area contributed by atoms with Gasteiger partial charge in [-0.15, -0.1) is 0 Å². The van der Waals surface area contributed by atoms with Gasteiger partial charge in [-0.05, 0) is 97.0 Å². The molecule has 0 radical (unpaired) electrons. The average molecular weight is 1190 g/mol. The van der Waals surface area contributed by atoms with Gasteiger partial charge >= 0.3 is 0 Å². The second-order valence-corrected chi connectivity index (χ2v) is 28.1. The van der Waals surface area contributed by atoms with Gasteiger partial charge in [0.15, 0.2) is 68.2 Å². The van der Waals surface area contributed by atoms with Crippen molar-refractivity contribution in [2.24, 2.45) is 47.3 Å². The second kappa shape index (κ2) is 37.1. The summed E-state index contributed by atoms with van der Waals surface area (Å²) in [5.74, 6) is 7.81. The first-order valence-electron chi connectivity index (χ1n) is 34.1. The second-order valence-electron chi connectivity index (χ2n) is 28.1. The van der Waals surface area contributed by atoms with E-state index in [1.165, 1.54) is 81.0 Å². The van der Waals surface area contributed by atoms with Crippen LogP contribution in [0.5, 0.6) is 0 Å². The molecule has 0 amide bonds. The summed E-state index contributed by atoms with van der Waals surface area (Å²) in [7, 11) is 0. The molecule has 4 aromatic heterocycles. The highest BCUT2D eigenvalue weighted by Crippen LogP contribution is 2.38. The standard InChI is InChI=1S/C14H21NO2.C14H22N.C14H16N.C13H25NO2.C13H20N.C9H14N/c1-12(2)14-5-3-13(4-6-14)11-15(16)7-9-17-10-8-15;2*1-12(2)13-6-8-14(9-7-13)15-10-4-3-5-11-15;1-11(2)13-4-3-12(9-13)10-14(15)5-7-16-8-6-14;1-11(2)12-6-7-13(10-12)14-8-4-3-5-9-14;1-9(2)8-10-6-4-3-5-7-10/h3-6,12H,7-11H2,1-2H3;3-5,10-14H,6-9H2,1-2H3;3-12H,1-2H3;11-13H,3-10H2,1-2H3;3-5,8-9,11-13H,6-7,10H2,1-2H3;3-7,9H,8H2,1-2H3/q;2*+1;;2*+1. The highest BCUT2D eigenvalue weighted by atomic mass is 16.6. The number of nitrogens with zero attached hydrogens (tertiary/aromatic N) is 6. The maximum absolute atomic E-state index is 12.4. The van der Waals surface area contributed by atoms with Crippen molar-refractivity contribution in [1.82, 2.24) is 0 Å². The normalized spacial score (nSPS) is 22.2. The molecule has 11 rings (SSSR count). The van der Waals surface area contributed by atoms with Crippen molar-refractivity contribution in [3.63, 3.8) is 0 Å². The van der Waals surface area contributed by atoms with Crippen molar-refractivity contribution in [1.29, 1.82) is 0 Å². The molecule has 0 spiro atoms. The van der Waals surface area contributed by atoms with E-state index in [-0.39, 0.29) is 9.29 Å². The predicted molar refractivity (Wildman–Crippen MR) is 357 cm³/mol. The first-order chi connectivity index (χ1) is 41.8. The van der Waals surface area contributed by atoms with Crippen LogP contribution in [0.2, 0.25) is 0 Å². The van der Waals surface area contributed by atoms with Crippen LogP contribution in [0, 0.1) is 57.8 Å². The molecule has 5 aliphatic rings. The van der Waals surface area contributed by atoms with Gasteiger partial charge in [0.1, 0.15) is 32.7 Å². The minimum Gasteiger partial charge on any atom is -0.633 e. The van der Waals surface area contributed by atoms with Gasteiger partial charge in [0.2, 0.25) is 5.69 Å². The molecule has 3 aliphatic carbocycles. The zero-order chi connectivity index (χ0) is 62.6. The predicted octanol–water partition coefficient (Wildman–Crippen LogP) is 16.1. The molecular formula is C77H118N6O4+4. The smallest absolute Gasteiger partial charge is 0.210 e. The minimum absolute atomic E-state index is 0.00941. The van der Waals surface area contributed by atoms with Crippen LogP contribution in [0.4, 0.5) is 0 Å². The molecule has 2 saturated heterocycles. The first-order valence-corrected chi connectivity index (χ1v) is 34.1. The zero-order valence-electron chi connectivity index (χ0n) is 56.3. The van der Waals surface area contributed by atoms with Crippen LogP contribution in [0.25, 0.3) is 5.69 Å². The molecule has 3 saturated carbocycles. The van der Waals surface area contributed by atoms with Crippen LogP contribution in [0.15, 0.2) is 171 Å². The largest absolute Gasteiger partial charge is 0.633 e. The number of benzene rings is 2. The summed E-state index contributed by atoms with van der Waals surface area (Å²) in [4.78, 5) is 0. The Labute approximate surface area is 529 Å². The maximum atomic E-state index is 12.4. The van der Waals surface area contributed by atoms with Crippen LogP contribution in [-0.4, -0.2) is 68.4 Å². The summed E-state index contributed by atoms with van der Waals surface area (Å²) in [6.45, 7) is 34.8. The summed E-state index contributed by atoms with van der Waals surface area (Å²) in [6.07, 6.45) is 30.7. The maximum Gasteiger partial charge on any atom is 0.210 e. The molecule has 5 fully saturated rings. The topological polar surface area (TPSA) is 80.1 Å². The monoisotopic (exact) mass is 1190 g/mol. The van der Waals surface area contributed by atoms with E-state index >= 15 is 0 Å². The molecule has 10 heteroatoms. The molecule has 2 aliphatic heterocycles. The van der Waals surface area contributed by atoms with Crippen LogP contribution in [0.3, 0.4) is 0 Å². The summed E-state index contributed by atoms with van der Waals surface area (Å²) in [5.41, 5.74) is 5.05. The van der Waals surface area contributed by atoms with Crippen molar-refractivity contribution in [2.75, 3.05) is 59.2 Å². The van der Waals surface area contributed by atoms with Crippen molar-refractivity contribution in [2.45, 2.75) is 184 Å². The highest BCUT2D eigenvalue weighted by Gasteiger charge is 2.34. The number of hydroxylamine groups is 6. The Hall–Kier alpha value is -5.20. The third-order valence-corrected chi connectivity index (χ3v) is 19.1. The van der Waals surface area contributed by atoms with E-state index in [2.05, 4.69) is 248 Å². The SMILES string of the molecule is CC(C)C1CCC(C[N+]2([O-])CCOCC2)C1.CC(C)C1CCC([n+]2ccccc2)C1.CC(C)C1CCC([n+]2ccccc2)CC1.CC(C)C[n+]1ccccc1.CC(C)c1ccc(-[n+]2ccccc2)cc1.CC(C)c1ccc(C[N+]2([O-])CCOCC2)cc1. The first kappa shape index (κ1) is 70.9. The van der Waals surface area contributed by atoms with Crippen molar-refractivity contribution < 1.29 is 37.0 Å². The van der Waals surface area contributed by atoms with E-state index in [0.717, 1.165) is 72.2 Å². The zero-order valence-corrected chi connectivity index (χ0v) is 56.3. The lowest BCUT2D eigenvalue weighted by molar-refractivity contribution is -0.901. The molecular weight excluding hydrogens is 1070 g/mol. The lowest BCUT2D eigenvalue weighted by Gasteiger charge is -2.46. The molecule has 476 valence electrons. The van der Waals surface area contributed by atoms with E-state index < -0.39 is 0 Å². The van der Waals surface area contributed by atoms with E-state index in [1.54, 1.807) is 0 Å². The number of ether oxygens (including phenoxy) is 2. The summed E-state index contributed by atoms with van der Waals surface area (Å²) >= 11 is 0.